The van der Waals surface area contributed by atoms with Crippen molar-refractivity contribution < 1.29 is 9.18 Å². The Bertz CT molecular complexity index is 591. The van der Waals surface area contributed by atoms with Crippen LogP contribution in [-0.2, 0) is 4.79 Å². The van der Waals surface area contributed by atoms with Gasteiger partial charge in [0.2, 0.25) is 6.41 Å². The van der Waals surface area contributed by atoms with E-state index in [1.54, 1.807) is 25.2 Å². The van der Waals surface area contributed by atoms with E-state index in [0.717, 1.165) is 16.8 Å². The van der Waals surface area contributed by atoms with Gasteiger partial charge in [0.25, 0.3) is 0 Å². The number of hydrogen-bond acceptors (Lipinski definition) is 2. The first-order chi connectivity index (χ1) is 9.17. The van der Waals surface area contributed by atoms with Gasteiger partial charge in [-0.25, -0.2) is 4.39 Å². The molecule has 2 aromatic rings. The molecule has 2 aromatic carbocycles. The predicted molar refractivity (Wildman–Crippen MR) is 75.8 cm³/mol. The number of rotatable bonds is 4. The smallest absolute Gasteiger partial charge is 0.211 e. The van der Waals surface area contributed by atoms with Gasteiger partial charge in [-0.05, 0) is 36.2 Å². The Kier molecular flexibility index (Phi) is 3.80. The molecule has 0 aliphatic heterocycles. The summed E-state index contributed by atoms with van der Waals surface area (Å²) in [4.78, 5) is 10.5. The molecule has 0 radical (unpaired) electrons. The SMILES string of the molecule is CNc1cc(-c2c(C)cccc2F)ccc1NC=O. The molecular weight excluding hydrogens is 243 g/mol. The van der Waals surface area contributed by atoms with Crippen molar-refractivity contribution in [3.05, 3.63) is 47.8 Å². The average Bonchev–Trinajstić information content (AvgIpc) is 2.40. The lowest BCUT2D eigenvalue weighted by Crippen LogP contribution is -2.00. The lowest BCUT2D eigenvalue weighted by atomic mass is 9.99. The van der Waals surface area contributed by atoms with Crippen molar-refractivity contribution in [3.63, 3.8) is 0 Å². The summed E-state index contributed by atoms with van der Waals surface area (Å²) in [6, 6.07) is 10.4. The van der Waals surface area contributed by atoms with Crippen LogP contribution in [0.15, 0.2) is 36.4 Å². The first-order valence-electron chi connectivity index (χ1n) is 5.95. The largest absolute Gasteiger partial charge is 0.386 e. The highest BCUT2D eigenvalue weighted by atomic mass is 19.1. The molecule has 0 aliphatic rings. The lowest BCUT2D eigenvalue weighted by Gasteiger charge is -2.12. The Labute approximate surface area is 111 Å². The Balaban J connectivity index is 2.55. The van der Waals surface area contributed by atoms with Gasteiger partial charge in [-0.3, -0.25) is 4.79 Å². The van der Waals surface area contributed by atoms with E-state index in [1.807, 2.05) is 19.1 Å². The zero-order chi connectivity index (χ0) is 13.8. The number of carbonyl (C=O) groups is 1. The van der Waals surface area contributed by atoms with E-state index >= 15 is 0 Å². The van der Waals surface area contributed by atoms with Gasteiger partial charge in [0.15, 0.2) is 0 Å². The summed E-state index contributed by atoms with van der Waals surface area (Å²) in [7, 11) is 1.75. The second-order valence-corrected chi connectivity index (χ2v) is 4.20. The Morgan fingerprint density at radius 2 is 1.95 bits per heavy atom. The van der Waals surface area contributed by atoms with E-state index in [1.165, 1.54) is 6.07 Å². The first kappa shape index (κ1) is 13.1. The fraction of sp³-hybridized carbons (Fsp3) is 0.133. The van der Waals surface area contributed by atoms with Gasteiger partial charge in [0, 0.05) is 12.6 Å². The van der Waals surface area contributed by atoms with Crippen LogP contribution in [0.1, 0.15) is 5.56 Å². The van der Waals surface area contributed by atoms with Crippen LogP contribution >= 0.6 is 0 Å². The fourth-order valence-electron chi connectivity index (χ4n) is 2.09. The van der Waals surface area contributed by atoms with Gasteiger partial charge in [-0.1, -0.05) is 18.2 Å². The monoisotopic (exact) mass is 258 g/mol. The normalized spacial score (nSPS) is 10.1. The van der Waals surface area contributed by atoms with Crippen LogP contribution in [-0.4, -0.2) is 13.5 Å². The second kappa shape index (κ2) is 5.52. The fourth-order valence-corrected chi connectivity index (χ4v) is 2.09. The van der Waals surface area contributed by atoms with E-state index in [-0.39, 0.29) is 5.82 Å². The van der Waals surface area contributed by atoms with Crippen LogP contribution in [0.5, 0.6) is 0 Å². The molecule has 2 rings (SSSR count). The van der Waals surface area contributed by atoms with Crippen LogP contribution in [0.2, 0.25) is 0 Å². The standard InChI is InChI=1S/C15H15FN2O/c1-10-4-3-5-12(16)15(10)11-6-7-13(18-9-19)14(8-11)17-2/h3-9,17H,1-2H3,(H,18,19). The third kappa shape index (κ3) is 2.57. The molecule has 0 saturated carbocycles. The highest BCUT2D eigenvalue weighted by Gasteiger charge is 2.10. The topological polar surface area (TPSA) is 41.1 Å². The third-order valence-electron chi connectivity index (χ3n) is 3.01. The summed E-state index contributed by atoms with van der Waals surface area (Å²) in [5.41, 5.74) is 3.63. The number of amides is 1. The van der Waals surface area contributed by atoms with Crippen LogP contribution in [0.3, 0.4) is 0 Å². The maximum absolute atomic E-state index is 13.9. The van der Waals surface area contributed by atoms with E-state index in [9.17, 15) is 9.18 Å². The number of anilines is 2. The minimum Gasteiger partial charge on any atom is -0.386 e. The van der Waals surface area contributed by atoms with Gasteiger partial charge >= 0.3 is 0 Å². The van der Waals surface area contributed by atoms with Crippen molar-refractivity contribution in [2.75, 3.05) is 17.7 Å². The molecule has 19 heavy (non-hydrogen) atoms. The van der Waals surface area contributed by atoms with Crippen molar-refractivity contribution >= 4 is 17.8 Å². The maximum Gasteiger partial charge on any atom is 0.211 e. The summed E-state index contributed by atoms with van der Waals surface area (Å²) in [5.74, 6) is -0.252. The minimum atomic E-state index is -0.252. The third-order valence-corrected chi connectivity index (χ3v) is 3.01. The molecule has 1 amide bonds. The molecule has 0 fully saturated rings. The summed E-state index contributed by atoms with van der Waals surface area (Å²) in [5, 5.41) is 5.58. The molecule has 4 heteroatoms. The quantitative estimate of drug-likeness (QED) is 0.825. The number of nitrogens with one attached hydrogen (secondary N) is 2. The van der Waals surface area contributed by atoms with Crippen molar-refractivity contribution in [2.45, 2.75) is 6.92 Å². The molecule has 0 spiro atoms. The highest BCUT2D eigenvalue weighted by molar-refractivity contribution is 5.84. The summed E-state index contributed by atoms with van der Waals surface area (Å²) >= 11 is 0. The van der Waals surface area contributed by atoms with Crippen LogP contribution in [0.4, 0.5) is 15.8 Å². The zero-order valence-electron chi connectivity index (χ0n) is 10.8. The molecule has 0 atom stereocenters. The minimum absolute atomic E-state index is 0.252. The Hall–Kier alpha value is -2.36. The zero-order valence-corrected chi connectivity index (χ0v) is 10.8. The molecule has 0 aliphatic carbocycles. The Morgan fingerprint density at radius 1 is 1.16 bits per heavy atom. The van der Waals surface area contributed by atoms with Gasteiger partial charge in [-0.2, -0.15) is 0 Å². The van der Waals surface area contributed by atoms with Crippen molar-refractivity contribution in [3.8, 4) is 11.1 Å². The molecule has 2 N–H and O–H groups in total. The molecule has 0 heterocycles. The van der Waals surface area contributed by atoms with E-state index < -0.39 is 0 Å². The molecule has 3 nitrogen and oxygen atoms in total. The van der Waals surface area contributed by atoms with E-state index in [4.69, 9.17) is 0 Å². The summed E-state index contributed by atoms with van der Waals surface area (Å²) < 4.78 is 13.9. The molecule has 98 valence electrons. The van der Waals surface area contributed by atoms with Crippen molar-refractivity contribution in [1.29, 1.82) is 0 Å². The molecule has 0 saturated heterocycles. The average molecular weight is 258 g/mol. The number of aryl methyl sites for hydroxylation is 1. The van der Waals surface area contributed by atoms with Crippen LogP contribution < -0.4 is 10.6 Å². The molecule has 0 bridgehead atoms. The predicted octanol–water partition coefficient (Wildman–Crippen LogP) is 3.41. The lowest BCUT2D eigenvalue weighted by molar-refractivity contribution is -0.105. The van der Waals surface area contributed by atoms with Gasteiger partial charge in [0.05, 0.1) is 11.4 Å². The van der Waals surface area contributed by atoms with Gasteiger partial charge in [-0.15, -0.1) is 0 Å². The first-order valence-corrected chi connectivity index (χ1v) is 5.95. The van der Waals surface area contributed by atoms with E-state index in [0.29, 0.717) is 17.7 Å². The number of halogens is 1. The van der Waals surface area contributed by atoms with Crippen molar-refractivity contribution in [1.82, 2.24) is 0 Å². The molecular formula is C15H15FN2O. The Morgan fingerprint density at radius 3 is 2.58 bits per heavy atom. The van der Waals surface area contributed by atoms with E-state index in [2.05, 4.69) is 10.6 Å². The van der Waals surface area contributed by atoms with Crippen molar-refractivity contribution in [2.24, 2.45) is 0 Å². The number of benzene rings is 2. The second-order valence-electron chi connectivity index (χ2n) is 4.20. The van der Waals surface area contributed by atoms with Crippen LogP contribution in [0.25, 0.3) is 11.1 Å². The number of hydrogen-bond donors (Lipinski definition) is 2. The van der Waals surface area contributed by atoms with Gasteiger partial charge < -0.3 is 10.6 Å². The highest BCUT2D eigenvalue weighted by Crippen LogP contribution is 2.31. The van der Waals surface area contributed by atoms with Gasteiger partial charge in [0.1, 0.15) is 5.82 Å². The number of carbonyl (C=O) groups excluding carboxylic acids is 1. The summed E-state index contributed by atoms with van der Waals surface area (Å²) in [6.45, 7) is 1.87. The molecule has 0 unspecified atom stereocenters. The molecule has 0 aromatic heterocycles. The maximum atomic E-state index is 13.9. The van der Waals surface area contributed by atoms with Crippen LogP contribution in [0, 0.1) is 12.7 Å². The summed E-state index contributed by atoms with van der Waals surface area (Å²) in [6.07, 6.45) is 0.615.